The molecule has 0 saturated heterocycles. The normalized spacial score (nSPS) is 15.7. The quantitative estimate of drug-likeness (QED) is 0.624. The molecule has 3 nitrogen and oxygen atoms in total. The van der Waals surface area contributed by atoms with Crippen molar-refractivity contribution in [2.45, 2.75) is 44.6 Å². The van der Waals surface area contributed by atoms with Crippen molar-refractivity contribution in [1.82, 2.24) is 10.6 Å². The highest BCUT2D eigenvalue weighted by Crippen LogP contribution is 2.17. The SMILES string of the molecule is Cl.O=C(NCCNC1CCCCCC1)c1ccc(F)cc1Cl. The van der Waals surface area contributed by atoms with Gasteiger partial charge in [-0.1, -0.05) is 37.3 Å². The molecule has 1 saturated carbocycles. The summed E-state index contributed by atoms with van der Waals surface area (Å²) in [5.41, 5.74) is 0.313. The van der Waals surface area contributed by atoms with Crippen LogP contribution < -0.4 is 10.6 Å². The second-order valence-electron chi connectivity index (χ2n) is 5.52. The molecule has 0 unspecified atom stereocenters. The van der Waals surface area contributed by atoms with Crippen molar-refractivity contribution in [3.05, 3.63) is 34.6 Å². The molecule has 1 aromatic carbocycles. The molecule has 0 bridgehead atoms. The average Bonchev–Trinajstić information content (AvgIpc) is 2.72. The highest BCUT2D eigenvalue weighted by molar-refractivity contribution is 6.33. The second-order valence-corrected chi connectivity index (χ2v) is 5.93. The highest BCUT2D eigenvalue weighted by Gasteiger charge is 2.12. The zero-order valence-electron chi connectivity index (χ0n) is 12.5. The number of carbonyl (C=O) groups excluding carboxylic acids is 1. The summed E-state index contributed by atoms with van der Waals surface area (Å²) in [6.07, 6.45) is 7.68. The Kier molecular flexibility index (Phi) is 8.76. The largest absolute Gasteiger partial charge is 0.351 e. The molecule has 0 aromatic heterocycles. The maximum Gasteiger partial charge on any atom is 0.252 e. The molecular weight excluding hydrogens is 326 g/mol. The molecule has 0 heterocycles. The van der Waals surface area contributed by atoms with E-state index in [4.69, 9.17) is 11.6 Å². The van der Waals surface area contributed by atoms with Gasteiger partial charge >= 0.3 is 0 Å². The van der Waals surface area contributed by atoms with Crippen LogP contribution >= 0.6 is 24.0 Å². The fourth-order valence-electron chi connectivity index (χ4n) is 2.70. The van der Waals surface area contributed by atoms with Crippen LogP contribution in [0.3, 0.4) is 0 Å². The Bertz CT molecular complexity index is 477. The third-order valence-electron chi connectivity index (χ3n) is 3.87. The molecule has 2 rings (SSSR count). The van der Waals surface area contributed by atoms with Crippen LogP contribution in [-0.2, 0) is 0 Å². The predicted octanol–water partition coefficient (Wildman–Crippen LogP) is 3.94. The van der Waals surface area contributed by atoms with Gasteiger partial charge < -0.3 is 10.6 Å². The van der Waals surface area contributed by atoms with E-state index in [9.17, 15) is 9.18 Å². The number of rotatable bonds is 5. The number of nitrogens with one attached hydrogen (secondary N) is 2. The summed E-state index contributed by atoms with van der Waals surface area (Å²) in [6, 6.07) is 4.37. The van der Waals surface area contributed by atoms with Crippen LogP contribution in [0.15, 0.2) is 18.2 Å². The van der Waals surface area contributed by atoms with E-state index < -0.39 is 5.82 Å². The van der Waals surface area contributed by atoms with Crippen LogP contribution in [-0.4, -0.2) is 25.0 Å². The maximum absolute atomic E-state index is 12.9. The topological polar surface area (TPSA) is 41.1 Å². The Morgan fingerprint density at radius 3 is 2.50 bits per heavy atom. The first-order valence-corrected chi connectivity index (χ1v) is 8.01. The summed E-state index contributed by atoms with van der Waals surface area (Å²) < 4.78 is 12.9. The molecule has 0 aliphatic heterocycles. The minimum atomic E-state index is -0.438. The molecule has 1 fully saturated rings. The van der Waals surface area contributed by atoms with Crippen LogP contribution in [0, 0.1) is 5.82 Å². The number of hydrogen-bond acceptors (Lipinski definition) is 2. The molecule has 1 aliphatic carbocycles. The number of hydrogen-bond donors (Lipinski definition) is 2. The summed E-state index contributed by atoms with van der Waals surface area (Å²) in [4.78, 5) is 11.9. The minimum Gasteiger partial charge on any atom is -0.351 e. The van der Waals surface area contributed by atoms with Gasteiger partial charge in [0, 0.05) is 19.1 Å². The number of benzene rings is 1. The molecule has 2 N–H and O–H groups in total. The lowest BCUT2D eigenvalue weighted by molar-refractivity contribution is 0.0953. The molecular formula is C16H23Cl2FN2O. The Morgan fingerprint density at radius 2 is 1.86 bits per heavy atom. The highest BCUT2D eigenvalue weighted by atomic mass is 35.5. The van der Waals surface area contributed by atoms with E-state index >= 15 is 0 Å². The number of carbonyl (C=O) groups is 1. The van der Waals surface area contributed by atoms with Gasteiger partial charge in [-0.25, -0.2) is 4.39 Å². The number of halogens is 3. The minimum absolute atomic E-state index is 0. The first-order valence-electron chi connectivity index (χ1n) is 7.63. The maximum atomic E-state index is 12.9. The monoisotopic (exact) mass is 348 g/mol. The molecule has 22 heavy (non-hydrogen) atoms. The molecule has 0 radical (unpaired) electrons. The molecule has 1 aromatic rings. The van der Waals surface area contributed by atoms with Gasteiger partial charge in [0.1, 0.15) is 5.82 Å². The van der Waals surface area contributed by atoms with E-state index in [2.05, 4.69) is 10.6 Å². The van der Waals surface area contributed by atoms with Crippen molar-refractivity contribution in [3.8, 4) is 0 Å². The van der Waals surface area contributed by atoms with Crippen molar-refractivity contribution in [3.63, 3.8) is 0 Å². The van der Waals surface area contributed by atoms with Gasteiger partial charge in [0.25, 0.3) is 5.91 Å². The van der Waals surface area contributed by atoms with Crippen LogP contribution in [0.4, 0.5) is 4.39 Å². The summed E-state index contributed by atoms with van der Waals surface area (Å²) in [6.45, 7) is 1.29. The van der Waals surface area contributed by atoms with Crippen molar-refractivity contribution in [2.75, 3.05) is 13.1 Å². The van der Waals surface area contributed by atoms with Gasteiger partial charge in [-0.05, 0) is 31.0 Å². The summed E-state index contributed by atoms with van der Waals surface area (Å²) in [7, 11) is 0. The standard InChI is InChI=1S/C16H22ClFN2O.ClH/c17-15-11-12(18)7-8-14(15)16(21)20-10-9-19-13-5-3-1-2-4-6-13;/h7-8,11,13,19H,1-6,9-10H2,(H,20,21);1H. The fourth-order valence-corrected chi connectivity index (χ4v) is 2.96. The molecule has 0 spiro atoms. The van der Waals surface area contributed by atoms with Gasteiger partial charge in [0.05, 0.1) is 10.6 Å². The second kappa shape index (κ2) is 10.0. The van der Waals surface area contributed by atoms with Gasteiger partial charge in [-0.15, -0.1) is 12.4 Å². The summed E-state index contributed by atoms with van der Waals surface area (Å²) in [5.74, 6) is -0.700. The predicted molar refractivity (Wildman–Crippen MR) is 90.5 cm³/mol. The first-order chi connectivity index (χ1) is 10.2. The zero-order valence-corrected chi connectivity index (χ0v) is 14.1. The molecule has 1 amide bonds. The lowest BCUT2D eigenvalue weighted by Crippen LogP contribution is -2.36. The molecule has 124 valence electrons. The van der Waals surface area contributed by atoms with Crippen molar-refractivity contribution >= 4 is 29.9 Å². The van der Waals surface area contributed by atoms with E-state index in [1.165, 1.54) is 50.7 Å². The Labute approximate surface area is 142 Å². The van der Waals surface area contributed by atoms with Crippen molar-refractivity contribution in [1.29, 1.82) is 0 Å². The summed E-state index contributed by atoms with van der Waals surface area (Å²) in [5, 5.41) is 6.43. The van der Waals surface area contributed by atoms with E-state index in [-0.39, 0.29) is 23.3 Å². The van der Waals surface area contributed by atoms with E-state index in [1.807, 2.05) is 0 Å². The van der Waals surface area contributed by atoms with Gasteiger partial charge in [0.15, 0.2) is 0 Å². The smallest absolute Gasteiger partial charge is 0.252 e. The van der Waals surface area contributed by atoms with Crippen LogP contribution in [0.25, 0.3) is 0 Å². The Balaban J connectivity index is 0.00000242. The van der Waals surface area contributed by atoms with Crippen LogP contribution in [0.2, 0.25) is 5.02 Å². The lowest BCUT2D eigenvalue weighted by atomic mass is 10.1. The van der Waals surface area contributed by atoms with Gasteiger partial charge in [-0.2, -0.15) is 0 Å². The van der Waals surface area contributed by atoms with Crippen LogP contribution in [0.5, 0.6) is 0 Å². The summed E-state index contributed by atoms with van der Waals surface area (Å²) >= 11 is 5.86. The molecule has 1 aliphatic rings. The van der Waals surface area contributed by atoms with E-state index in [1.54, 1.807) is 0 Å². The Morgan fingerprint density at radius 1 is 1.18 bits per heavy atom. The van der Waals surface area contributed by atoms with Crippen molar-refractivity contribution < 1.29 is 9.18 Å². The Hall–Kier alpha value is -0.840. The lowest BCUT2D eigenvalue weighted by Gasteiger charge is -2.16. The van der Waals surface area contributed by atoms with E-state index in [0.29, 0.717) is 18.2 Å². The fraction of sp³-hybridized carbons (Fsp3) is 0.562. The van der Waals surface area contributed by atoms with Crippen LogP contribution in [0.1, 0.15) is 48.9 Å². The average molecular weight is 349 g/mol. The van der Waals surface area contributed by atoms with Gasteiger partial charge in [0.2, 0.25) is 0 Å². The molecule has 0 atom stereocenters. The first kappa shape index (κ1) is 19.2. The zero-order chi connectivity index (χ0) is 15.1. The molecule has 6 heteroatoms. The van der Waals surface area contributed by atoms with Gasteiger partial charge in [-0.3, -0.25) is 4.79 Å². The third-order valence-corrected chi connectivity index (χ3v) is 4.19. The third kappa shape index (κ3) is 6.11. The van der Waals surface area contributed by atoms with E-state index in [0.717, 1.165) is 12.6 Å². The van der Waals surface area contributed by atoms with Crippen molar-refractivity contribution in [2.24, 2.45) is 0 Å². The number of amides is 1.